The molecule has 1 saturated heterocycles. The number of benzene rings is 3. The average molecular weight is 462 g/mol. The predicted molar refractivity (Wildman–Crippen MR) is 126 cm³/mol. The highest BCUT2D eigenvalue weighted by Gasteiger charge is 2.58. The third-order valence-electron chi connectivity index (χ3n) is 6.85. The summed E-state index contributed by atoms with van der Waals surface area (Å²) in [6.45, 7) is 0. The smallest absolute Gasteiger partial charge is 0.312 e. The van der Waals surface area contributed by atoms with Crippen LogP contribution in [-0.4, -0.2) is 26.2 Å². The van der Waals surface area contributed by atoms with E-state index in [1.54, 1.807) is 0 Å². The molecule has 6 heteroatoms. The van der Waals surface area contributed by atoms with Crippen molar-refractivity contribution in [2.75, 3.05) is 19.1 Å². The number of rotatable bonds is 3. The Morgan fingerprint density at radius 2 is 1.36 bits per heavy atom. The van der Waals surface area contributed by atoms with Gasteiger partial charge in [-0.3, -0.25) is 9.59 Å². The molecule has 33 heavy (non-hydrogen) atoms. The fraction of sp³-hybridized carbons (Fsp3) is 0.259. The lowest BCUT2D eigenvalue weighted by Crippen LogP contribution is -2.32. The van der Waals surface area contributed by atoms with Crippen molar-refractivity contribution in [1.29, 1.82) is 0 Å². The fourth-order valence-corrected chi connectivity index (χ4v) is 5.63. The minimum Gasteiger partial charge on any atom is -0.469 e. The van der Waals surface area contributed by atoms with Gasteiger partial charge < -0.3 is 14.4 Å². The number of anilines is 1. The Kier molecular flexibility index (Phi) is 5.59. The molecule has 3 aromatic carbocycles. The first-order valence-corrected chi connectivity index (χ1v) is 11.3. The van der Waals surface area contributed by atoms with Gasteiger partial charge in [0.15, 0.2) is 0 Å². The number of hydrogen-bond acceptors (Lipinski definition) is 5. The molecule has 1 fully saturated rings. The number of carbonyl (C=O) groups excluding carboxylic acids is 2. The van der Waals surface area contributed by atoms with Gasteiger partial charge in [-0.05, 0) is 46.9 Å². The van der Waals surface area contributed by atoms with Gasteiger partial charge >= 0.3 is 11.9 Å². The number of carbonyl (C=O) groups is 2. The lowest BCUT2D eigenvalue weighted by atomic mass is 9.81. The van der Waals surface area contributed by atoms with E-state index >= 15 is 0 Å². The quantitative estimate of drug-likeness (QED) is 0.506. The zero-order valence-electron chi connectivity index (χ0n) is 18.4. The van der Waals surface area contributed by atoms with Crippen molar-refractivity contribution in [1.82, 2.24) is 0 Å². The van der Waals surface area contributed by atoms with Crippen LogP contribution in [0.4, 0.5) is 5.69 Å². The highest BCUT2D eigenvalue weighted by molar-refractivity contribution is 6.30. The predicted octanol–water partition coefficient (Wildman–Crippen LogP) is 5.13. The summed E-state index contributed by atoms with van der Waals surface area (Å²) in [6.07, 6.45) is 0.740. The molecular formula is C27H24ClNO4. The number of methoxy groups -OCH3 is 2. The summed E-state index contributed by atoms with van der Waals surface area (Å²) in [5.74, 6) is -2.36. The molecule has 0 unspecified atom stereocenters. The van der Waals surface area contributed by atoms with Gasteiger partial charge in [-0.25, -0.2) is 0 Å². The van der Waals surface area contributed by atoms with Gasteiger partial charge in [0, 0.05) is 10.7 Å². The lowest BCUT2D eigenvalue weighted by Gasteiger charge is -2.34. The zero-order valence-corrected chi connectivity index (χ0v) is 19.2. The summed E-state index contributed by atoms with van der Waals surface area (Å²) >= 11 is 6.18. The molecular weight excluding hydrogens is 438 g/mol. The molecule has 0 saturated carbocycles. The van der Waals surface area contributed by atoms with Crippen molar-refractivity contribution in [3.8, 4) is 0 Å². The minimum atomic E-state index is -0.757. The van der Waals surface area contributed by atoms with Crippen molar-refractivity contribution in [3.63, 3.8) is 0 Å². The van der Waals surface area contributed by atoms with Gasteiger partial charge in [0.05, 0.1) is 38.1 Å². The van der Waals surface area contributed by atoms with Gasteiger partial charge in [-0.1, -0.05) is 66.2 Å². The maximum Gasteiger partial charge on any atom is 0.312 e. The molecule has 0 radical (unpaired) electrons. The van der Waals surface area contributed by atoms with E-state index < -0.39 is 29.8 Å². The summed E-state index contributed by atoms with van der Waals surface area (Å²) in [6, 6.07) is 22.9. The minimum absolute atomic E-state index is 0.387. The summed E-state index contributed by atoms with van der Waals surface area (Å²) in [5, 5.41) is 0.606. The van der Waals surface area contributed by atoms with E-state index in [0.29, 0.717) is 5.02 Å². The second kappa shape index (κ2) is 8.56. The SMILES string of the molecule is COC(=O)[C@@H]1[C@@H](C(=O)OC)[C@@H]2c3ccccc3Cc3ccccc3N2[C@@H]1c1ccc(Cl)cc1. The van der Waals surface area contributed by atoms with E-state index in [-0.39, 0.29) is 6.04 Å². The number of ether oxygens (including phenoxy) is 2. The van der Waals surface area contributed by atoms with E-state index in [4.69, 9.17) is 21.1 Å². The lowest BCUT2D eigenvalue weighted by molar-refractivity contribution is -0.157. The van der Waals surface area contributed by atoms with Gasteiger partial charge in [-0.2, -0.15) is 0 Å². The van der Waals surface area contributed by atoms with Crippen molar-refractivity contribution < 1.29 is 19.1 Å². The summed E-state index contributed by atoms with van der Waals surface area (Å²) in [5.41, 5.74) is 5.18. The molecule has 0 N–H and O–H groups in total. The van der Waals surface area contributed by atoms with Crippen LogP contribution in [0.1, 0.15) is 34.3 Å². The Balaban J connectivity index is 1.83. The van der Waals surface area contributed by atoms with Crippen LogP contribution in [0.3, 0.4) is 0 Å². The fourth-order valence-electron chi connectivity index (χ4n) is 5.51. The van der Waals surface area contributed by atoms with Gasteiger partial charge in [0.2, 0.25) is 0 Å². The highest BCUT2D eigenvalue weighted by atomic mass is 35.5. The van der Waals surface area contributed by atoms with Crippen LogP contribution in [0.5, 0.6) is 0 Å². The Bertz CT molecular complexity index is 1210. The molecule has 2 aliphatic heterocycles. The molecule has 3 aromatic rings. The van der Waals surface area contributed by atoms with Crippen molar-refractivity contribution in [2.45, 2.75) is 18.5 Å². The second-order valence-electron chi connectivity index (χ2n) is 8.45. The van der Waals surface area contributed by atoms with Crippen molar-refractivity contribution in [3.05, 3.63) is 100 Å². The summed E-state index contributed by atoms with van der Waals surface area (Å²) < 4.78 is 10.5. The number of para-hydroxylation sites is 1. The molecule has 168 valence electrons. The molecule has 4 atom stereocenters. The Labute approximate surface area is 197 Å². The summed E-state index contributed by atoms with van der Waals surface area (Å²) in [4.78, 5) is 28.8. The molecule has 0 aliphatic carbocycles. The van der Waals surface area contributed by atoms with Crippen molar-refractivity contribution >= 4 is 29.2 Å². The topological polar surface area (TPSA) is 55.8 Å². The molecule has 5 nitrogen and oxygen atoms in total. The second-order valence-corrected chi connectivity index (χ2v) is 8.89. The zero-order chi connectivity index (χ0) is 23.1. The maximum absolute atomic E-state index is 13.3. The standard InChI is InChI=1S/C27H24ClNO4/c1-32-26(30)22-23(27(31)33-2)25-20-9-5-3-7-17(20)15-18-8-4-6-10-21(18)29(25)24(22)16-11-13-19(28)14-12-16/h3-14,22-25H,15H2,1-2H3/t22-,23-,24-,25+/m1/s1. The third kappa shape index (κ3) is 3.47. The van der Waals surface area contributed by atoms with Crippen LogP contribution in [0.25, 0.3) is 0 Å². The molecule has 0 bridgehead atoms. The molecule has 5 rings (SSSR count). The molecule has 0 aromatic heterocycles. The van der Waals surface area contributed by atoms with Gasteiger partial charge in [0.1, 0.15) is 0 Å². The highest BCUT2D eigenvalue weighted by Crippen LogP contribution is 2.57. The number of nitrogens with zero attached hydrogens (tertiary/aromatic N) is 1. The molecule has 0 spiro atoms. The maximum atomic E-state index is 13.3. The van der Waals surface area contributed by atoms with E-state index in [2.05, 4.69) is 23.1 Å². The first-order valence-electron chi connectivity index (χ1n) is 10.9. The molecule has 2 heterocycles. The van der Waals surface area contributed by atoms with Crippen LogP contribution >= 0.6 is 11.6 Å². The third-order valence-corrected chi connectivity index (χ3v) is 7.10. The van der Waals surface area contributed by atoms with E-state index in [1.807, 2.05) is 54.6 Å². The Hall–Kier alpha value is -3.31. The van der Waals surface area contributed by atoms with Gasteiger partial charge in [-0.15, -0.1) is 0 Å². The van der Waals surface area contributed by atoms with Crippen molar-refractivity contribution in [2.24, 2.45) is 11.8 Å². The van der Waals surface area contributed by atoms with Crippen LogP contribution in [0.15, 0.2) is 72.8 Å². The normalized spacial score (nSPS) is 23.1. The van der Waals surface area contributed by atoms with E-state index in [0.717, 1.165) is 34.4 Å². The number of hydrogen-bond donors (Lipinski definition) is 0. The number of halogens is 1. The molecule has 0 amide bonds. The monoisotopic (exact) mass is 461 g/mol. The van der Waals surface area contributed by atoms with Crippen LogP contribution in [0.2, 0.25) is 5.02 Å². The first kappa shape index (κ1) is 21.5. The Morgan fingerprint density at radius 1 is 0.788 bits per heavy atom. The van der Waals surface area contributed by atoms with Crippen LogP contribution in [0, 0.1) is 11.8 Å². The van der Waals surface area contributed by atoms with E-state index in [9.17, 15) is 9.59 Å². The van der Waals surface area contributed by atoms with Gasteiger partial charge in [0.25, 0.3) is 0 Å². The van der Waals surface area contributed by atoms with Crippen LogP contribution < -0.4 is 4.90 Å². The molecule has 2 aliphatic rings. The van der Waals surface area contributed by atoms with E-state index in [1.165, 1.54) is 14.2 Å². The Morgan fingerprint density at radius 3 is 2.03 bits per heavy atom. The number of esters is 2. The average Bonchev–Trinajstić information content (AvgIpc) is 3.12. The summed E-state index contributed by atoms with van der Waals surface area (Å²) in [7, 11) is 2.73. The van der Waals surface area contributed by atoms with Crippen LogP contribution in [-0.2, 0) is 25.5 Å². The number of fused-ring (bicyclic) bond motifs is 5. The largest absolute Gasteiger partial charge is 0.469 e. The first-order chi connectivity index (χ1) is 16.0.